The van der Waals surface area contributed by atoms with E-state index in [0.717, 1.165) is 11.3 Å². The molecular weight excluding hydrogens is 540 g/mol. The number of para-hydroxylation sites is 1. The number of nitrogens with zero attached hydrogens (tertiary/aromatic N) is 4. The molecule has 9 nitrogen and oxygen atoms in total. The molecule has 0 N–H and O–H groups in total. The van der Waals surface area contributed by atoms with Crippen LogP contribution >= 0.6 is 22.9 Å². The van der Waals surface area contributed by atoms with Crippen molar-refractivity contribution in [2.75, 3.05) is 18.7 Å². The molecule has 1 aromatic heterocycles. The molecule has 0 aliphatic carbocycles. The monoisotopic (exact) mass is 564 g/mol. The summed E-state index contributed by atoms with van der Waals surface area (Å²) in [5.74, 6) is -1.13. The van der Waals surface area contributed by atoms with Gasteiger partial charge in [0.05, 0.1) is 40.9 Å². The van der Waals surface area contributed by atoms with Crippen molar-refractivity contribution in [2.24, 2.45) is 16.0 Å². The molecule has 2 aliphatic heterocycles. The second-order valence-corrected chi connectivity index (χ2v) is 10.4. The third kappa shape index (κ3) is 4.70. The van der Waals surface area contributed by atoms with Crippen molar-refractivity contribution in [3.63, 3.8) is 0 Å². The summed E-state index contributed by atoms with van der Waals surface area (Å²) in [4.78, 5) is 45.3. The average molecular weight is 565 g/mol. The van der Waals surface area contributed by atoms with Gasteiger partial charge in [0.15, 0.2) is 4.80 Å². The Balaban J connectivity index is 1.67. The average Bonchev–Trinajstić information content (AvgIpc) is 3.38. The van der Waals surface area contributed by atoms with Gasteiger partial charge >= 0.3 is 5.97 Å². The molecule has 39 heavy (non-hydrogen) atoms. The topological polar surface area (TPSA) is 103 Å². The maximum absolute atomic E-state index is 13.9. The Kier molecular flexibility index (Phi) is 7.24. The van der Waals surface area contributed by atoms with E-state index in [2.05, 4.69) is 10.1 Å². The van der Waals surface area contributed by atoms with Crippen LogP contribution in [0.3, 0.4) is 0 Å². The van der Waals surface area contributed by atoms with Crippen LogP contribution < -0.4 is 24.6 Å². The van der Waals surface area contributed by atoms with Gasteiger partial charge in [-0.05, 0) is 57.2 Å². The van der Waals surface area contributed by atoms with Crippen LogP contribution in [0, 0.1) is 5.92 Å². The number of carbonyl (C=O) groups is 2. The number of benzene rings is 2. The van der Waals surface area contributed by atoms with Crippen LogP contribution in [0.15, 0.2) is 74.7 Å². The van der Waals surface area contributed by atoms with Gasteiger partial charge in [0.25, 0.3) is 11.5 Å². The molecule has 11 heteroatoms. The molecule has 0 saturated carbocycles. The Labute approximate surface area is 233 Å². The molecule has 3 aromatic rings. The molecule has 3 heterocycles. The first kappa shape index (κ1) is 26.6. The number of rotatable bonds is 6. The number of allylic oxidation sites excluding steroid dienone is 1. The number of esters is 1. The van der Waals surface area contributed by atoms with E-state index in [0.29, 0.717) is 42.8 Å². The number of carbonyl (C=O) groups excluding carboxylic acids is 2. The molecular formula is C28H25ClN4O5S. The van der Waals surface area contributed by atoms with Crippen molar-refractivity contribution < 1.29 is 19.1 Å². The lowest BCUT2D eigenvalue weighted by Gasteiger charge is -2.26. The first-order valence-electron chi connectivity index (χ1n) is 12.2. The summed E-state index contributed by atoms with van der Waals surface area (Å²) in [6.45, 7) is 5.31. The first-order chi connectivity index (χ1) is 18.7. The number of fused-ring (bicyclic) bond motifs is 1. The quantitative estimate of drug-likeness (QED) is 0.427. The van der Waals surface area contributed by atoms with E-state index in [-0.39, 0.29) is 18.1 Å². The Morgan fingerprint density at radius 2 is 1.90 bits per heavy atom. The van der Waals surface area contributed by atoms with E-state index in [1.807, 2.05) is 18.2 Å². The normalized spacial score (nSPS) is 19.1. The third-order valence-electron chi connectivity index (χ3n) is 6.50. The highest BCUT2D eigenvalue weighted by Gasteiger charge is 2.37. The minimum atomic E-state index is -0.897. The van der Waals surface area contributed by atoms with Gasteiger partial charge in [-0.1, -0.05) is 41.1 Å². The lowest BCUT2D eigenvalue weighted by molar-refractivity contribution is -0.139. The lowest BCUT2D eigenvalue weighted by atomic mass is 9.95. The van der Waals surface area contributed by atoms with Crippen molar-refractivity contribution in [2.45, 2.75) is 26.8 Å². The second kappa shape index (κ2) is 10.6. The van der Waals surface area contributed by atoms with Crippen molar-refractivity contribution in [3.8, 4) is 5.75 Å². The summed E-state index contributed by atoms with van der Waals surface area (Å²) < 4.78 is 12.7. The first-order valence-corrected chi connectivity index (χ1v) is 13.4. The van der Waals surface area contributed by atoms with E-state index < -0.39 is 23.5 Å². The van der Waals surface area contributed by atoms with E-state index >= 15 is 0 Å². The molecule has 2 aromatic carbocycles. The largest absolute Gasteiger partial charge is 0.496 e. The number of methoxy groups -OCH3 is 1. The number of hydrogen-bond donors (Lipinski definition) is 0. The number of hydrazone groups is 1. The minimum Gasteiger partial charge on any atom is -0.496 e. The third-order valence-corrected chi connectivity index (χ3v) is 7.74. The van der Waals surface area contributed by atoms with Crippen LogP contribution in [0.4, 0.5) is 5.69 Å². The number of anilines is 1. The lowest BCUT2D eigenvalue weighted by Crippen LogP contribution is -2.40. The molecule has 0 fully saturated rings. The van der Waals surface area contributed by atoms with E-state index in [9.17, 15) is 14.4 Å². The molecule has 2 atom stereocenters. The van der Waals surface area contributed by atoms with Crippen LogP contribution in [-0.2, 0) is 14.3 Å². The van der Waals surface area contributed by atoms with Crippen LogP contribution in [0.5, 0.6) is 5.75 Å². The van der Waals surface area contributed by atoms with Crippen LogP contribution in [0.25, 0.3) is 6.08 Å². The highest BCUT2D eigenvalue weighted by atomic mass is 35.5. The molecule has 0 unspecified atom stereocenters. The molecule has 200 valence electrons. The molecule has 5 rings (SSSR count). The molecule has 1 amide bonds. The Morgan fingerprint density at radius 1 is 1.15 bits per heavy atom. The number of aromatic nitrogens is 1. The van der Waals surface area contributed by atoms with Crippen LogP contribution in [-0.4, -0.2) is 35.9 Å². The Hall–Kier alpha value is -4.02. The summed E-state index contributed by atoms with van der Waals surface area (Å²) >= 11 is 7.48. The molecule has 0 radical (unpaired) electrons. The van der Waals surface area contributed by atoms with Crippen molar-refractivity contribution in [1.82, 2.24) is 4.57 Å². The molecule has 0 saturated heterocycles. The molecule has 2 aliphatic rings. The van der Waals surface area contributed by atoms with E-state index in [4.69, 9.17) is 21.1 Å². The van der Waals surface area contributed by atoms with Gasteiger partial charge in [-0.3, -0.25) is 14.2 Å². The number of halogens is 1. The fourth-order valence-electron chi connectivity index (χ4n) is 4.70. The van der Waals surface area contributed by atoms with E-state index in [1.54, 1.807) is 57.2 Å². The highest BCUT2D eigenvalue weighted by Crippen LogP contribution is 2.37. The summed E-state index contributed by atoms with van der Waals surface area (Å²) in [6.07, 6.45) is 1.61. The maximum Gasteiger partial charge on any atom is 0.338 e. The number of ether oxygens (including phenoxy) is 2. The van der Waals surface area contributed by atoms with Gasteiger partial charge in [-0.15, -0.1) is 0 Å². The Morgan fingerprint density at radius 3 is 2.59 bits per heavy atom. The zero-order chi connectivity index (χ0) is 27.8. The zero-order valence-corrected chi connectivity index (χ0v) is 23.2. The molecule has 0 bridgehead atoms. The zero-order valence-electron chi connectivity index (χ0n) is 21.7. The van der Waals surface area contributed by atoms with Gasteiger partial charge in [-0.2, -0.15) is 10.1 Å². The number of hydrogen-bond acceptors (Lipinski definition) is 8. The van der Waals surface area contributed by atoms with Gasteiger partial charge in [0, 0.05) is 10.6 Å². The standard InChI is InChI=1S/C28H25ClN4O5S/c1-5-38-27(36)23-16(3)30-28-32(24(23)20-13-17(29)11-12-21(20)37-4)26(35)22(39-28)14-19-15(2)31-33(25(19)34)18-9-7-6-8-10-18/h6-14,19,24H,5H2,1-4H3/b22-14-/t19-,24+/m1/s1. The highest BCUT2D eigenvalue weighted by molar-refractivity contribution is 7.07. The van der Waals surface area contributed by atoms with Crippen molar-refractivity contribution in [1.29, 1.82) is 0 Å². The summed E-state index contributed by atoms with van der Waals surface area (Å²) in [5, 5.41) is 6.19. The van der Waals surface area contributed by atoms with Crippen LogP contribution in [0.2, 0.25) is 5.02 Å². The summed E-state index contributed by atoms with van der Waals surface area (Å²) in [7, 11) is 1.50. The second-order valence-electron chi connectivity index (χ2n) is 8.92. The van der Waals surface area contributed by atoms with Gasteiger partial charge in [0.1, 0.15) is 17.7 Å². The molecule has 0 spiro atoms. The van der Waals surface area contributed by atoms with Gasteiger partial charge < -0.3 is 9.47 Å². The smallest absolute Gasteiger partial charge is 0.338 e. The van der Waals surface area contributed by atoms with Gasteiger partial charge in [0.2, 0.25) is 0 Å². The number of amides is 1. The summed E-state index contributed by atoms with van der Waals surface area (Å²) in [6, 6.07) is 13.2. The fourth-order valence-corrected chi connectivity index (χ4v) is 5.93. The van der Waals surface area contributed by atoms with E-state index in [1.165, 1.54) is 16.7 Å². The predicted molar refractivity (Wildman–Crippen MR) is 150 cm³/mol. The Bertz CT molecular complexity index is 1720. The fraction of sp³-hybridized carbons (Fsp3) is 0.250. The summed E-state index contributed by atoms with van der Waals surface area (Å²) in [5.41, 5.74) is 1.94. The van der Waals surface area contributed by atoms with Crippen molar-refractivity contribution in [3.05, 3.63) is 90.1 Å². The minimum absolute atomic E-state index is 0.153. The van der Waals surface area contributed by atoms with Gasteiger partial charge in [-0.25, -0.2) is 9.79 Å². The van der Waals surface area contributed by atoms with Crippen molar-refractivity contribution >= 4 is 52.3 Å². The maximum atomic E-state index is 13.9. The number of thiazole rings is 1. The predicted octanol–water partition coefficient (Wildman–Crippen LogP) is 3.45. The van der Waals surface area contributed by atoms with Crippen LogP contribution in [0.1, 0.15) is 32.4 Å². The SMILES string of the molecule is CCOC(=O)C1=C(C)N=c2s/c(=C\[C@H]3C(=O)N(c4ccccc4)N=C3C)c(=O)n2[C@H]1c1cc(Cl)ccc1OC.